The fourth-order valence-corrected chi connectivity index (χ4v) is 3.51. The first-order valence-corrected chi connectivity index (χ1v) is 7.12. The van der Waals surface area contributed by atoms with Gasteiger partial charge in [0, 0.05) is 51.4 Å². The molecule has 3 aliphatic rings. The predicted octanol–water partition coefficient (Wildman–Crippen LogP) is 0.908. The lowest BCUT2D eigenvalue weighted by Crippen LogP contribution is -2.64. The molecule has 16 heavy (non-hydrogen) atoms. The summed E-state index contributed by atoms with van der Waals surface area (Å²) in [6.07, 6.45) is 7.35. The first kappa shape index (κ1) is 11.0. The van der Waals surface area contributed by atoms with E-state index in [0.29, 0.717) is 0 Å². The van der Waals surface area contributed by atoms with Crippen LogP contribution in [0.5, 0.6) is 0 Å². The molecule has 2 saturated heterocycles. The van der Waals surface area contributed by atoms with Crippen LogP contribution in [0.4, 0.5) is 0 Å². The fraction of sp³-hybridized carbons (Fsp3) is 1.00. The summed E-state index contributed by atoms with van der Waals surface area (Å²) < 4.78 is 0. The normalized spacial score (nSPS) is 31.5. The van der Waals surface area contributed by atoms with Gasteiger partial charge in [-0.15, -0.1) is 0 Å². The zero-order valence-corrected chi connectivity index (χ0v) is 10.3. The number of nitrogens with one attached hydrogen (secondary N) is 1. The van der Waals surface area contributed by atoms with Crippen molar-refractivity contribution in [3.63, 3.8) is 0 Å². The van der Waals surface area contributed by atoms with E-state index in [1.54, 1.807) is 0 Å². The van der Waals surface area contributed by atoms with Gasteiger partial charge in [0.15, 0.2) is 0 Å². The lowest BCUT2D eigenvalue weighted by Gasteiger charge is -2.50. The summed E-state index contributed by atoms with van der Waals surface area (Å²) in [5, 5.41) is 3.44. The van der Waals surface area contributed by atoms with E-state index >= 15 is 0 Å². The molecule has 0 spiro atoms. The van der Waals surface area contributed by atoms with Crippen LogP contribution in [0, 0.1) is 0 Å². The van der Waals surface area contributed by atoms with Crippen LogP contribution in [0.2, 0.25) is 0 Å². The summed E-state index contributed by atoms with van der Waals surface area (Å²) in [6, 6.07) is 1.82. The first-order valence-electron chi connectivity index (χ1n) is 7.12. The smallest absolute Gasteiger partial charge is 0.0351 e. The van der Waals surface area contributed by atoms with Crippen LogP contribution in [0.1, 0.15) is 32.1 Å². The summed E-state index contributed by atoms with van der Waals surface area (Å²) in [5.74, 6) is 0. The Morgan fingerprint density at radius 1 is 0.750 bits per heavy atom. The Morgan fingerprint density at radius 2 is 1.44 bits per heavy atom. The maximum atomic E-state index is 3.44. The van der Waals surface area contributed by atoms with Gasteiger partial charge in [-0.05, 0) is 12.8 Å². The quantitative estimate of drug-likeness (QED) is 0.751. The summed E-state index contributed by atoms with van der Waals surface area (Å²) >= 11 is 0. The molecule has 0 amide bonds. The predicted molar refractivity (Wildman–Crippen MR) is 66.7 cm³/mol. The van der Waals surface area contributed by atoms with Crippen LogP contribution in [0.3, 0.4) is 0 Å². The van der Waals surface area contributed by atoms with Gasteiger partial charge < -0.3 is 5.32 Å². The van der Waals surface area contributed by atoms with E-state index in [9.17, 15) is 0 Å². The zero-order valence-electron chi connectivity index (χ0n) is 10.3. The standard InChI is InChI=1S/C13H25N3/c1-2-4-12(5-3-1)16-10-13(11-16)15-8-6-14-7-9-15/h12-14H,1-11H2. The molecule has 0 aromatic rings. The molecule has 2 aliphatic heterocycles. The van der Waals surface area contributed by atoms with Crippen molar-refractivity contribution in [1.29, 1.82) is 0 Å². The Kier molecular flexibility index (Phi) is 3.46. The molecule has 1 saturated carbocycles. The number of hydrogen-bond acceptors (Lipinski definition) is 3. The van der Waals surface area contributed by atoms with Crippen LogP contribution in [-0.4, -0.2) is 61.2 Å². The third kappa shape index (κ3) is 2.27. The molecule has 0 unspecified atom stereocenters. The van der Waals surface area contributed by atoms with Crippen molar-refractivity contribution in [1.82, 2.24) is 15.1 Å². The third-order valence-corrected chi connectivity index (χ3v) is 4.65. The third-order valence-electron chi connectivity index (χ3n) is 4.65. The lowest BCUT2D eigenvalue weighted by atomic mass is 9.91. The van der Waals surface area contributed by atoms with Gasteiger partial charge in [-0.1, -0.05) is 19.3 Å². The molecule has 1 N–H and O–H groups in total. The minimum atomic E-state index is 0.879. The van der Waals surface area contributed by atoms with Crippen LogP contribution >= 0.6 is 0 Å². The molecule has 0 radical (unpaired) electrons. The molecule has 2 heterocycles. The van der Waals surface area contributed by atoms with Crippen molar-refractivity contribution < 1.29 is 0 Å². The van der Waals surface area contributed by atoms with Gasteiger partial charge in [0.2, 0.25) is 0 Å². The van der Waals surface area contributed by atoms with Gasteiger partial charge >= 0.3 is 0 Å². The molecule has 0 aromatic heterocycles. The highest BCUT2D eigenvalue weighted by molar-refractivity contribution is 4.93. The second-order valence-electron chi connectivity index (χ2n) is 5.69. The number of nitrogens with zero attached hydrogens (tertiary/aromatic N) is 2. The summed E-state index contributed by atoms with van der Waals surface area (Å²) in [7, 11) is 0. The van der Waals surface area contributed by atoms with E-state index in [1.807, 2.05) is 0 Å². The lowest BCUT2D eigenvalue weighted by molar-refractivity contribution is -0.01000. The maximum Gasteiger partial charge on any atom is 0.0351 e. The molecule has 3 heteroatoms. The summed E-state index contributed by atoms with van der Waals surface area (Å²) in [5.41, 5.74) is 0. The first-order chi connectivity index (χ1) is 7.93. The Balaban J connectivity index is 1.43. The van der Waals surface area contributed by atoms with Crippen molar-refractivity contribution in [3.8, 4) is 0 Å². The van der Waals surface area contributed by atoms with Gasteiger partial charge in [0.05, 0.1) is 0 Å². The van der Waals surface area contributed by atoms with E-state index in [1.165, 1.54) is 71.4 Å². The number of hydrogen-bond donors (Lipinski definition) is 1. The minimum Gasteiger partial charge on any atom is -0.314 e. The second-order valence-corrected chi connectivity index (χ2v) is 5.69. The average molecular weight is 223 g/mol. The number of likely N-dealkylation sites (tertiary alicyclic amines) is 1. The highest BCUT2D eigenvalue weighted by Crippen LogP contribution is 2.27. The molecule has 3 rings (SSSR count). The van der Waals surface area contributed by atoms with Crippen molar-refractivity contribution in [3.05, 3.63) is 0 Å². The van der Waals surface area contributed by atoms with E-state index in [2.05, 4.69) is 15.1 Å². The second kappa shape index (κ2) is 5.03. The van der Waals surface area contributed by atoms with Crippen LogP contribution in [0.25, 0.3) is 0 Å². The highest BCUT2D eigenvalue weighted by Gasteiger charge is 2.36. The Morgan fingerprint density at radius 3 is 2.12 bits per heavy atom. The van der Waals surface area contributed by atoms with Crippen molar-refractivity contribution >= 4 is 0 Å². The zero-order chi connectivity index (χ0) is 10.8. The molecule has 1 aliphatic carbocycles. The van der Waals surface area contributed by atoms with Gasteiger partial charge in [-0.2, -0.15) is 0 Å². The summed E-state index contributed by atoms with van der Waals surface area (Å²) in [6.45, 7) is 7.63. The maximum absolute atomic E-state index is 3.44. The van der Waals surface area contributed by atoms with Gasteiger partial charge in [-0.25, -0.2) is 0 Å². The van der Waals surface area contributed by atoms with E-state index in [-0.39, 0.29) is 0 Å². The topological polar surface area (TPSA) is 18.5 Å². The van der Waals surface area contributed by atoms with Crippen LogP contribution < -0.4 is 5.32 Å². The molecular weight excluding hydrogens is 198 g/mol. The van der Waals surface area contributed by atoms with Gasteiger partial charge in [0.1, 0.15) is 0 Å². The largest absolute Gasteiger partial charge is 0.314 e. The molecule has 3 nitrogen and oxygen atoms in total. The van der Waals surface area contributed by atoms with Crippen LogP contribution in [0.15, 0.2) is 0 Å². The van der Waals surface area contributed by atoms with Crippen LogP contribution in [-0.2, 0) is 0 Å². The van der Waals surface area contributed by atoms with E-state index < -0.39 is 0 Å². The monoisotopic (exact) mass is 223 g/mol. The molecular formula is C13H25N3. The molecule has 3 fully saturated rings. The Labute approximate surface area is 99.2 Å². The Hall–Kier alpha value is -0.120. The molecule has 0 bridgehead atoms. The van der Waals surface area contributed by atoms with Crippen molar-refractivity contribution in [2.45, 2.75) is 44.2 Å². The van der Waals surface area contributed by atoms with Crippen molar-refractivity contribution in [2.24, 2.45) is 0 Å². The fourth-order valence-electron chi connectivity index (χ4n) is 3.51. The molecule has 92 valence electrons. The number of piperazine rings is 1. The SMILES string of the molecule is C1CCC(N2CC(N3CCNCC3)C2)CC1. The van der Waals surface area contributed by atoms with E-state index in [4.69, 9.17) is 0 Å². The minimum absolute atomic E-state index is 0.879. The highest BCUT2D eigenvalue weighted by atomic mass is 15.3. The van der Waals surface area contributed by atoms with E-state index in [0.717, 1.165) is 12.1 Å². The Bertz CT molecular complexity index is 191. The van der Waals surface area contributed by atoms with Gasteiger partial charge in [-0.3, -0.25) is 9.80 Å². The molecule has 0 atom stereocenters. The molecule has 0 aromatic carbocycles. The average Bonchev–Trinajstić information content (AvgIpc) is 2.30. The van der Waals surface area contributed by atoms with Gasteiger partial charge in [0.25, 0.3) is 0 Å². The number of rotatable bonds is 2. The summed E-state index contributed by atoms with van der Waals surface area (Å²) in [4.78, 5) is 5.43. The van der Waals surface area contributed by atoms with Crippen molar-refractivity contribution in [2.75, 3.05) is 39.3 Å².